The Bertz CT molecular complexity index is 712. The fourth-order valence-corrected chi connectivity index (χ4v) is 4.17. The number of anilines is 1. The van der Waals surface area contributed by atoms with E-state index < -0.39 is 10.0 Å². The van der Waals surface area contributed by atoms with Gasteiger partial charge in [-0.25, -0.2) is 18.1 Å². The van der Waals surface area contributed by atoms with Gasteiger partial charge in [-0.05, 0) is 18.3 Å². The molecule has 3 rings (SSSR count). The minimum absolute atomic E-state index is 0.130. The number of aromatic nitrogens is 2. The number of nitrogens with zero attached hydrogens (tertiary/aromatic N) is 2. The largest absolute Gasteiger partial charge is 0.371 e. The summed E-state index contributed by atoms with van der Waals surface area (Å²) in [5, 5.41) is 4.86. The molecule has 1 aliphatic rings. The van der Waals surface area contributed by atoms with Gasteiger partial charge in [-0.3, -0.25) is 4.40 Å². The Morgan fingerprint density at radius 3 is 2.89 bits per heavy atom. The van der Waals surface area contributed by atoms with Crippen LogP contribution >= 0.6 is 11.3 Å². The number of nitrogens with one attached hydrogen (secondary N) is 2. The van der Waals surface area contributed by atoms with Gasteiger partial charge in [0.1, 0.15) is 0 Å². The summed E-state index contributed by atoms with van der Waals surface area (Å²) in [6.45, 7) is 2.57. The van der Waals surface area contributed by atoms with Crippen LogP contribution in [0.1, 0.15) is 19.8 Å². The third-order valence-electron chi connectivity index (χ3n) is 3.50. The van der Waals surface area contributed by atoms with Crippen molar-refractivity contribution in [3.05, 3.63) is 11.6 Å². The van der Waals surface area contributed by atoms with E-state index >= 15 is 0 Å². The van der Waals surface area contributed by atoms with Gasteiger partial charge < -0.3 is 5.32 Å². The SMILES string of the molecule is CNc1nc2sccn2c1S(=O)(=O)NCC1(C)CC1. The molecule has 0 saturated heterocycles. The van der Waals surface area contributed by atoms with Gasteiger partial charge in [0.15, 0.2) is 15.8 Å². The van der Waals surface area contributed by atoms with E-state index in [0.29, 0.717) is 17.3 Å². The Morgan fingerprint density at radius 1 is 1.53 bits per heavy atom. The van der Waals surface area contributed by atoms with Gasteiger partial charge in [-0.15, -0.1) is 11.3 Å². The Kier molecular flexibility index (Phi) is 2.84. The van der Waals surface area contributed by atoms with E-state index in [9.17, 15) is 8.42 Å². The summed E-state index contributed by atoms with van der Waals surface area (Å²) in [6.07, 6.45) is 3.88. The summed E-state index contributed by atoms with van der Waals surface area (Å²) in [5.74, 6) is 0.389. The number of hydrogen-bond acceptors (Lipinski definition) is 5. The van der Waals surface area contributed by atoms with Crippen molar-refractivity contribution in [3.63, 3.8) is 0 Å². The van der Waals surface area contributed by atoms with Crippen LogP contribution in [0.2, 0.25) is 0 Å². The van der Waals surface area contributed by atoms with Crippen molar-refractivity contribution in [3.8, 4) is 0 Å². The van der Waals surface area contributed by atoms with Crippen molar-refractivity contribution in [2.75, 3.05) is 18.9 Å². The van der Waals surface area contributed by atoms with E-state index in [-0.39, 0.29) is 10.4 Å². The molecular formula is C11H16N4O2S2. The normalized spacial score (nSPS) is 17.8. The van der Waals surface area contributed by atoms with Crippen molar-refractivity contribution < 1.29 is 8.42 Å². The van der Waals surface area contributed by atoms with Crippen LogP contribution in [0.15, 0.2) is 16.6 Å². The molecule has 1 saturated carbocycles. The monoisotopic (exact) mass is 300 g/mol. The van der Waals surface area contributed by atoms with Gasteiger partial charge in [-0.1, -0.05) is 6.92 Å². The molecule has 0 atom stereocenters. The van der Waals surface area contributed by atoms with Crippen LogP contribution in [0.3, 0.4) is 0 Å². The molecule has 0 aromatic carbocycles. The fraction of sp³-hybridized carbons (Fsp3) is 0.545. The maximum absolute atomic E-state index is 12.5. The standard InChI is InChI=1S/C11H16N4O2S2/c1-11(3-4-11)7-13-19(16,17)9-8(12-2)14-10-15(9)5-6-18-10/h5-6,12-13H,3-4,7H2,1-2H3. The smallest absolute Gasteiger partial charge is 0.260 e. The van der Waals surface area contributed by atoms with Crippen LogP contribution < -0.4 is 10.0 Å². The third-order valence-corrected chi connectivity index (χ3v) is 5.68. The van der Waals surface area contributed by atoms with Gasteiger partial charge in [-0.2, -0.15) is 0 Å². The zero-order valence-corrected chi connectivity index (χ0v) is 12.4. The second-order valence-electron chi connectivity index (χ2n) is 5.21. The molecule has 2 aromatic rings. The van der Waals surface area contributed by atoms with E-state index in [2.05, 4.69) is 21.9 Å². The highest BCUT2D eigenvalue weighted by molar-refractivity contribution is 7.89. The first-order valence-corrected chi connectivity index (χ1v) is 8.44. The van der Waals surface area contributed by atoms with Gasteiger partial charge in [0.05, 0.1) is 0 Å². The van der Waals surface area contributed by atoms with E-state index in [1.807, 2.05) is 5.38 Å². The first-order valence-electron chi connectivity index (χ1n) is 6.08. The van der Waals surface area contributed by atoms with Crippen LogP contribution in [-0.2, 0) is 10.0 Å². The second kappa shape index (κ2) is 4.19. The Labute approximate surface area is 115 Å². The topological polar surface area (TPSA) is 75.5 Å². The molecule has 1 aliphatic carbocycles. The van der Waals surface area contributed by atoms with Gasteiger partial charge >= 0.3 is 0 Å². The molecule has 2 aromatic heterocycles. The zero-order valence-electron chi connectivity index (χ0n) is 10.8. The highest BCUT2D eigenvalue weighted by atomic mass is 32.2. The van der Waals surface area contributed by atoms with Crippen LogP contribution in [0.25, 0.3) is 4.96 Å². The summed E-state index contributed by atoms with van der Waals surface area (Å²) < 4.78 is 29.2. The quantitative estimate of drug-likeness (QED) is 0.878. The molecule has 0 aliphatic heterocycles. The molecule has 6 nitrogen and oxygen atoms in total. The lowest BCUT2D eigenvalue weighted by Crippen LogP contribution is -2.30. The highest BCUT2D eigenvalue weighted by Crippen LogP contribution is 2.44. The average molecular weight is 300 g/mol. The van der Waals surface area contributed by atoms with Crippen LogP contribution in [0.4, 0.5) is 5.82 Å². The summed E-state index contributed by atoms with van der Waals surface area (Å²) in [6, 6.07) is 0. The number of rotatable bonds is 5. The lowest BCUT2D eigenvalue weighted by atomic mass is 10.2. The summed E-state index contributed by atoms with van der Waals surface area (Å²) in [7, 11) is -1.88. The third kappa shape index (κ3) is 2.24. The van der Waals surface area contributed by atoms with Crippen LogP contribution in [0, 0.1) is 5.41 Å². The van der Waals surface area contributed by atoms with Gasteiger partial charge in [0.25, 0.3) is 10.0 Å². The maximum Gasteiger partial charge on any atom is 0.260 e. The van der Waals surface area contributed by atoms with E-state index in [4.69, 9.17) is 0 Å². The van der Waals surface area contributed by atoms with Crippen LogP contribution in [-0.4, -0.2) is 31.4 Å². The minimum atomic E-state index is -3.55. The van der Waals surface area contributed by atoms with Gasteiger partial charge in [0, 0.05) is 25.2 Å². The molecule has 2 N–H and O–H groups in total. The summed E-state index contributed by atoms with van der Waals surface area (Å²) in [4.78, 5) is 4.94. The number of imidazole rings is 1. The molecule has 8 heteroatoms. The molecule has 0 spiro atoms. The highest BCUT2D eigenvalue weighted by Gasteiger charge is 2.39. The number of fused-ring (bicyclic) bond motifs is 1. The molecule has 1 fully saturated rings. The summed E-state index contributed by atoms with van der Waals surface area (Å²) >= 11 is 1.41. The first-order chi connectivity index (χ1) is 8.95. The zero-order chi connectivity index (χ0) is 13.7. The van der Waals surface area contributed by atoms with Gasteiger partial charge in [0.2, 0.25) is 0 Å². The molecule has 2 heterocycles. The average Bonchev–Trinajstić information content (AvgIpc) is 2.79. The predicted octanol–water partition coefficient (Wildman–Crippen LogP) is 1.52. The second-order valence-corrected chi connectivity index (χ2v) is 7.76. The lowest BCUT2D eigenvalue weighted by Gasteiger charge is -2.11. The van der Waals surface area contributed by atoms with E-state index in [1.165, 1.54) is 11.3 Å². The molecule has 0 amide bonds. The van der Waals surface area contributed by atoms with Crippen molar-refractivity contribution in [1.29, 1.82) is 0 Å². The Hall–Kier alpha value is -1.12. The molecule has 19 heavy (non-hydrogen) atoms. The van der Waals surface area contributed by atoms with Crippen molar-refractivity contribution in [2.45, 2.75) is 24.8 Å². The summed E-state index contributed by atoms with van der Waals surface area (Å²) in [5.41, 5.74) is 0.130. The minimum Gasteiger partial charge on any atom is -0.371 e. The molecular weight excluding hydrogens is 284 g/mol. The first kappa shape index (κ1) is 12.9. The predicted molar refractivity (Wildman–Crippen MR) is 75.1 cm³/mol. The van der Waals surface area contributed by atoms with Crippen molar-refractivity contribution >= 4 is 32.1 Å². The fourth-order valence-electron chi connectivity index (χ4n) is 1.91. The molecule has 0 radical (unpaired) electrons. The number of sulfonamides is 1. The number of hydrogen-bond donors (Lipinski definition) is 2. The van der Waals surface area contributed by atoms with E-state index in [1.54, 1.807) is 17.6 Å². The Morgan fingerprint density at radius 2 is 2.26 bits per heavy atom. The lowest BCUT2D eigenvalue weighted by molar-refractivity contribution is 0.528. The maximum atomic E-state index is 12.5. The number of thiazole rings is 1. The van der Waals surface area contributed by atoms with Crippen molar-refractivity contribution in [2.24, 2.45) is 5.41 Å². The van der Waals surface area contributed by atoms with Crippen molar-refractivity contribution in [1.82, 2.24) is 14.1 Å². The Balaban J connectivity index is 1.98. The molecule has 104 valence electrons. The van der Waals surface area contributed by atoms with Crippen LogP contribution in [0.5, 0.6) is 0 Å². The molecule has 0 bridgehead atoms. The molecule has 0 unspecified atom stereocenters. The van der Waals surface area contributed by atoms with E-state index in [0.717, 1.165) is 12.8 Å².